The highest BCUT2D eigenvalue weighted by Gasteiger charge is 2.30. The maximum atomic E-state index is 5.11. The van der Waals surface area contributed by atoms with Crippen LogP contribution in [0.3, 0.4) is 0 Å². The van der Waals surface area contributed by atoms with E-state index in [1.54, 1.807) is 0 Å². The third kappa shape index (κ3) is 3.47. The molecule has 146 valence electrons. The van der Waals surface area contributed by atoms with Gasteiger partial charge in [0.1, 0.15) is 5.82 Å². The van der Waals surface area contributed by atoms with Crippen molar-refractivity contribution >= 4 is 11.0 Å². The van der Waals surface area contributed by atoms with E-state index >= 15 is 0 Å². The molecule has 0 radical (unpaired) electrons. The van der Waals surface area contributed by atoms with Gasteiger partial charge in [-0.3, -0.25) is 4.90 Å². The van der Waals surface area contributed by atoms with Crippen LogP contribution in [0.4, 0.5) is 0 Å². The van der Waals surface area contributed by atoms with Crippen LogP contribution in [0, 0.1) is 0 Å². The number of hydrogen-bond donors (Lipinski definition) is 0. The number of nitrogens with zero attached hydrogens (tertiary/aromatic N) is 4. The Bertz CT molecular complexity index is 924. The van der Waals surface area contributed by atoms with Crippen LogP contribution in [0.15, 0.2) is 54.6 Å². The van der Waals surface area contributed by atoms with Crippen LogP contribution >= 0.6 is 0 Å². The van der Waals surface area contributed by atoms with Crippen LogP contribution in [0.5, 0.6) is 0 Å². The first-order valence-electron chi connectivity index (χ1n) is 10.7. The maximum Gasteiger partial charge on any atom is 0.114 e. The number of likely N-dealkylation sites (N-methyl/N-ethyl adjacent to an activating group) is 1. The van der Waals surface area contributed by atoms with Crippen molar-refractivity contribution in [1.82, 2.24) is 19.4 Å². The standard InChI is InChI=1S/C24H30N4/c1-26-14-11-20(18-26)24-25-22-9-5-6-10-23(22)28(24)21-12-15-27(16-13-21)17-19-7-3-2-4-8-19/h2-10,20-21H,11-18H2,1H3. The van der Waals surface area contributed by atoms with Gasteiger partial charge in [-0.2, -0.15) is 0 Å². The average molecular weight is 375 g/mol. The summed E-state index contributed by atoms with van der Waals surface area (Å²) in [5.41, 5.74) is 3.91. The van der Waals surface area contributed by atoms with E-state index in [1.165, 1.54) is 48.2 Å². The van der Waals surface area contributed by atoms with Gasteiger partial charge < -0.3 is 9.47 Å². The molecule has 2 fully saturated rings. The molecule has 2 aliphatic rings. The van der Waals surface area contributed by atoms with Crippen LogP contribution in [0.2, 0.25) is 0 Å². The zero-order valence-corrected chi connectivity index (χ0v) is 16.8. The Morgan fingerprint density at radius 3 is 2.39 bits per heavy atom. The molecule has 4 heteroatoms. The number of fused-ring (bicyclic) bond motifs is 1. The van der Waals surface area contributed by atoms with Gasteiger partial charge in [-0.05, 0) is 50.6 Å². The number of aromatic nitrogens is 2. The lowest BCUT2D eigenvalue weighted by Gasteiger charge is -2.34. The Balaban J connectivity index is 1.37. The maximum absolute atomic E-state index is 5.11. The number of hydrogen-bond acceptors (Lipinski definition) is 3. The summed E-state index contributed by atoms with van der Waals surface area (Å²) in [5, 5.41) is 0. The molecule has 0 bridgehead atoms. The molecule has 3 aromatic rings. The van der Waals surface area contributed by atoms with Crippen LogP contribution in [-0.2, 0) is 6.54 Å². The van der Waals surface area contributed by atoms with Crippen LogP contribution in [0.25, 0.3) is 11.0 Å². The Hall–Kier alpha value is -2.17. The molecule has 28 heavy (non-hydrogen) atoms. The summed E-state index contributed by atoms with van der Waals surface area (Å²) in [6.07, 6.45) is 3.65. The summed E-state index contributed by atoms with van der Waals surface area (Å²) in [5.74, 6) is 1.90. The van der Waals surface area contributed by atoms with Gasteiger partial charge in [-0.1, -0.05) is 42.5 Å². The minimum absolute atomic E-state index is 0.569. The second kappa shape index (κ2) is 7.69. The average Bonchev–Trinajstić information content (AvgIpc) is 3.33. The van der Waals surface area contributed by atoms with Gasteiger partial charge >= 0.3 is 0 Å². The Morgan fingerprint density at radius 1 is 0.893 bits per heavy atom. The van der Waals surface area contributed by atoms with Gasteiger partial charge in [-0.15, -0.1) is 0 Å². The van der Waals surface area contributed by atoms with Gasteiger partial charge in [-0.25, -0.2) is 4.98 Å². The molecule has 2 saturated heterocycles. The van der Waals surface area contributed by atoms with E-state index in [1.807, 2.05) is 0 Å². The van der Waals surface area contributed by atoms with E-state index in [4.69, 9.17) is 4.98 Å². The van der Waals surface area contributed by atoms with Crippen molar-refractivity contribution in [2.24, 2.45) is 0 Å². The smallest absolute Gasteiger partial charge is 0.114 e. The fourth-order valence-electron chi connectivity index (χ4n) is 5.06. The SMILES string of the molecule is CN1CCC(c2nc3ccccc3n2C2CCN(Cc3ccccc3)CC2)C1. The van der Waals surface area contributed by atoms with Crippen LogP contribution < -0.4 is 0 Å². The van der Waals surface area contributed by atoms with Gasteiger partial charge in [0.25, 0.3) is 0 Å². The normalized spacial score (nSPS) is 22.2. The number of para-hydroxylation sites is 2. The monoisotopic (exact) mass is 374 g/mol. The fraction of sp³-hybridized carbons (Fsp3) is 0.458. The molecule has 1 atom stereocenters. The molecule has 0 amide bonds. The summed E-state index contributed by atoms with van der Waals surface area (Å²) in [4.78, 5) is 10.2. The number of imidazole rings is 1. The van der Waals surface area contributed by atoms with E-state index in [9.17, 15) is 0 Å². The van der Waals surface area contributed by atoms with Gasteiger partial charge in [0.05, 0.1) is 11.0 Å². The first-order chi connectivity index (χ1) is 13.8. The first-order valence-corrected chi connectivity index (χ1v) is 10.7. The predicted molar refractivity (Wildman–Crippen MR) is 115 cm³/mol. The molecule has 0 spiro atoms. The lowest BCUT2D eigenvalue weighted by atomic mass is 10.0. The topological polar surface area (TPSA) is 24.3 Å². The van der Waals surface area contributed by atoms with Crippen molar-refractivity contribution in [2.75, 3.05) is 33.2 Å². The molecular weight excluding hydrogens is 344 g/mol. The van der Waals surface area contributed by atoms with Gasteiger partial charge in [0.15, 0.2) is 0 Å². The molecule has 2 aromatic carbocycles. The number of benzene rings is 2. The summed E-state index contributed by atoms with van der Waals surface area (Å²) in [7, 11) is 2.23. The van der Waals surface area contributed by atoms with E-state index < -0.39 is 0 Å². The zero-order chi connectivity index (χ0) is 18.9. The summed E-state index contributed by atoms with van der Waals surface area (Å²) in [6.45, 7) is 5.71. The minimum Gasteiger partial charge on any atom is -0.324 e. The van der Waals surface area contributed by atoms with E-state index in [-0.39, 0.29) is 0 Å². The number of piperidine rings is 1. The van der Waals surface area contributed by atoms with Crippen molar-refractivity contribution < 1.29 is 0 Å². The second-order valence-electron chi connectivity index (χ2n) is 8.57. The molecule has 0 aliphatic carbocycles. The third-order valence-electron chi connectivity index (χ3n) is 6.55. The summed E-state index contributed by atoms with van der Waals surface area (Å²) < 4.78 is 2.61. The lowest BCUT2D eigenvalue weighted by molar-refractivity contribution is 0.179. The molecule has 4 nitrogen and oxygen atoms in total. The number of rotatable bonds is 4. The molecule has 5 rings (SSSR count). The fourth-order valence-corrected chi connectivity index (χ4v) is 5.06. The first kappa shape index (κ1) is 17.9. The quantitative estimate of drug-likeness (QED) is 0.681. The third-order valence-corrected chi connectivity index (χ3v) is 6.55. The van der Waals surface area contributed by atoms with E-state index in [2.05, 4.69) is 76.0 Å². The molecule has 0 N–H and O–H groups in total. The lowest BCUT2D eigenvalue weighted by Crippen LogP contribution is -2.34. The van der Waals surface area contributed by atoms with Gasteiger partial charge in [0, 0.05) is 38.1 Å². The second-order valence-corrected chi connectivity index (χ2v) is 8.57. The number of likely N-dealkylation sites (tertiary alicyclic amines) is 2. The van der Waals surface area contributed by atoms with Crippen molar-refractivity contribution in [3.05, 3.63) is 66.0 Å². The van der Waals surface area contributed by atoms with Crippen molar-refractivity contribution in [1.29, 1.82) is 0 Å². The van der Waals surface area contributed by atoms with Crippen molar-refractivity contribution in [3.8, 4) is 0 Å². The highest BCUT2D eigenvalue weighted by atomic mass is 15.2. The van der Waals surface area contributed by atoms with Crippen molar-refractivity contribution in [2.45, 2.75) is 37.8 Å². The molecular formula is C24H30N4. The summed E-state index contributed by atoms with van der Waals surface area (Å²) >= 11 is 0. The molecule has 1 unspecified atom stereocenters. The van der Waals surface area contributed by atoms with Crippen LogP contribution in [-0.4, -0.2) is 52.6 Å². The van der Waals surface area contributed by atoms with E-state index in [0.29, 0.717) is 12.0 Å². The largest absolute Gasteiger partial charge is 0.324 e. The van der Waals surface area contributed by atoms with Crippen LogP contribution in [0.1, 0.15) is 42.6 Å². The Kier molecular flexibility index (Phi) is 4.91. The van der Waals surface area contributed by atoms with E-state index in [0.717, 1.165) is 26.2 Å². The molecule has 2 aliphatic heterocycles. The van der Waals surface area contributed by atoms with Crippen molar-refractivity contribution in [3.63, 3.8) is 0 Å². The Morgan fingerprint density at radius 2 is 1.64 bits per heavy atom. The molecule has 1 aromatic heterocycles. The predicted octanol–water partition coefficient (Wildman–Crippen LogP) is 4.29. The Labute approximate surface area is 167 Å². The molecule has 0 saturated carbocycles. The van der Waals surface area contributed by atoms with Gasteiger partial charge in [0.2, 0.25) is 0 Å². The zero-order valence-electron chi connectivity index (χ0n) is 16.8. The summed E-state index contributed by atoms with van der Waals surface area (Å²) in [6, 6.07) is 20.2. The highest BCUT2D eigenvalue weighted by molar-refractivity contribution is 5.76. The molecule has 3 heterocycles. The minimum atomic E-state index is 0.569. The highest BCUT2D eigenvalue weighted by Crippen LogP contribution is 2.35.